The average Bonchev–Trinajstić information content (AvgIpc) is 2.75. The summed E-state index contributed by atoms with van der Waals surface area (Å²) in [6.45, 7) is 3.96. The third-order valence-corrected chi connectivity index (χ3v) is 7.52. The molecule has 1 aromatic carbocycles. The number of methoxy groups -OCH3 is 1. The van der Waals surface area contributed by atoms with E-state index in [2.05, 4.69) is 0 Å². The predicted octanol–water partition coefficient (Wildman–Crippen LogP) is 2.51. The monoisotopic (exact) mass is 410 g/mol. The Bertz CT molecular complexity index is 784. The zero-order valence-corrected chi connectivity index (χ0v) is 17.5. The first-order valence-electron chi connectivity index (χ1n) is 10.1. The van der Waals surface area contributed by atoms with E-state index >= 15 is 0 Å². The van der Waals surface area contributed by atoms with Crippen LogP contribution in [-0.4, -0.2) is 69.5 Å². The van der Waals surface area contributed by atoms with Crippen LogP contribution in [0, 0.1) is 0 Å². The Morgan fingerprint density at radius 1 is 1.21 bits per heavy atom. The van der Waals surface area contributed by atoms with E-state index in [-0.39, 0.29) is 16.8 Å². The largest absolute Gasteiger partial charge is 0.496 e. The van der Waals surface area contributed by atoms with Gasteiger partial charge in [0.05, 0.1) is 30.8 Å². The Morgan fingerprint density at radius 3 is 2.50 bits per heavy atom. The Morgan fingerprint density at radius 2 is 1.89 bits per heavy atom. The van der Waals surface area contributed by atoms with Gasteiger partial charge in [0.15, 0.2) is 0 Å². The molecule has 28 heavy (non-hydrogen) atoms. The van der Waals surface area contributed by atoms with E-state index in [9.17, 15) is 13.2 Å². The van der Waals surface area contributed by atoms with Crippen molar-refractivity contribution in [1.29, 1.82) is 0 Å². The fourth-order valence-electron chi connectivity index (χ4n) is 4.07. The van der Waals surface area contributed by atoms with Crippen LogP contribution in [0.15, 0.2) is 23.1 Å². The van der Waals surface area contributed by atoms with Crippen LogP contribution in [0.4, 0.5) is 0 Å². The molecule has 0 aromatic heterocycles. The molecule has 3 rings (SSSR count). The summed E-state index contributed by atoms with van der Waals surface area (Å²) in [5.41, 5.74) is 0.309. The Kier molecular flexibility index (Phi) is 6.95. The quantitative estimate of drug-likeness (QED) is 0.720. The lowest BCUT2D eigenvalue weighted by Crippen LogP contribution is -2.42. The zero-order chi connectivity index (χ0) is 20.1. The molecule has 0 spiro atoms. The highest BCUT2D eigenvalue weighted by Gasteiger charge is 2.30. The average molecular weight is 411 g/mol. The highest BCUT2D eigenvalue weighted by atomic mass is 32.2. The van der Waals surface area contributed by atoms with E-state index in [4.69, 9.17) is 9.47 Å². The van der Waals surface area contributed by atoms with Crippen molar-refractivity contribution in [2.45, 2.75) is 50.0 Å². The molecule has 1 heterocycles. The summed E-state index contributed by atoms with van der Waals surface area (Å²) < 4.78 is 38.1. The van der Waals surface area contributed by atoms with Gasteiger partial charge < -0.3 is 14.4 Å². The number of carbonyl (C=O) groups is 1. The van der Waals surface area contributed by atoms with Crippen molar-refractivity contribution in [2.75, 3.05) is 40.0 Å². The molecular formula is C20H30N2O5S. The molecule has 1 amide bonds. The van der Waals surface area contributed by atoms with Gasteiger partial charge in [-0.1, -0.05) is 19.3 Å². The molecule has 1 aromatic rings. The minimum atomic E-state index is -3.67. The maximum absolute atomic E-state index is 13.3. The number of morpholine rings is 1. The number of benzene rings is 1. The third kappa shape index (κ3) is 4.34. The summed E-state index contributed by atoms with van der Waals surface area (Å²) in [6.07, 6.45) is 5.44. The van der Waals surface area contributed by atoms with Gasteiger partial charge >= 0.3 is 0 Å². The first-order chi connectivity index (χ1) is 13.5. The summed E-state index contributed by atoms with van der Waals surface area (Å²) >= 11 is 0. The highest BCUT2D eigenvalue weighted by molar-refractivity contribution is 7.89. The van der Waals surface area contributed by atoms with Gasteiger partial charge in [-0.15, -0.1) is 0 Å². The summed E-state index contributed by atoms with van der Waals surface area (Å²) in [5, 5.41) is 0. The van der Waals surface area contributed by atoms with Crippen LogP contribution in [-0.2, 0) is 14.8 Å². The van der Waals surface area contributed by atoms with E-state index in [0.717, 1.165) is 25.7 Å². The van der Waals surface area contributed by atoms with Crippen LogP contribution in [0.3, 0.4) is 0 Å². The molecule has 0 N–H and O–H groups in total. The lowest BCUT2D eigenvalue weighted by molar-refractivity contribution is 0.0644. The van der Waals surface area contributed by atoms with Crippen LogP contribution in [0.5, 0.6) is 5.75 Å². The van der Waals surface area contributed by atoms with Gasteiger partial charge in [-0.3, -0.25) is 4.79 Å². The standard InChI is InChI=1S/C20H30N2O5S/c1-3-22(16-7-5-4-6-8-16)20(23)18-15-17(9-10-19(18)26-2)28(24,25)21-11-13-27-14-12-21/h9-10,15-16H,3-8,11-14H2,1-2H3. The number of hydrogen-bond acceptors (Lipinski definition) is 5. The smallest absolute Gasteiger partial charge is 0.257 e. The van der Waals surface area contributed by atoms with Gasteiger partial charge in [-0.05, 0) is 38.0 Å². The number of nitrogens with zero attached hydrogens (tertiary/aromatic N) is 2. The highest BCUT2D eigenvalue weighted by Crippen LogP contribution is 2.29. The van der Waals surface area contributed by atoms with E-state index in [1.54, 1.807) is 6.07 Å². The van der Waals surface area contributed by atoms with Gasteiger partial charge in [0.25, 0.3) is 5.91 Å². The topological polar surface area (TPSA) is 76.2 Å². The molecule has 156 valence electrons. The summed E-state index contributed by atoms with van der Waals surface area (Å²) in [6, 6.07) is 4.76. The maximum atomic E-state index is 13.3. The number of sulfonamides is 1. The van der Waals surface area contributed by atoms with Crippen molar-refractivity contribution < 1.29 is 22.7 Å². The molecular weight excluding hydrogens is 380 g/mol. The van der Waals surface area contributed by atoms with Crippen molar-refractivity contribution >= 4 is 15.9 Å². The Hall–Kier alpha value is -1.64. The van der Waals surface area contributed by atoms with Crippen molar-refractivity contribution in [3.8, 4) is 5.75 Å². The molecule has 1 saturated carbocycles. The van der Waals surface area contributed by atoms with Crippen molar-refractivity contribution in [1.82, 2.24) is 9.21 Å². The summed E-state index contributed by atoms with van der Waals surface area (Å²) in [4.78, 5) is 15.3. The van der Waals surface area contributed by atoms with Crippen LogP contribution < -0.4 is 4.74 Å². The van der Waals surface area contributed by atoms with Gasteiger partial charge in [-0.25, -0.2) is 8.42 Å². The number of carbonyl (C=O) groups excluding carboxylic acids is 1. The fourth-order valence-corrected chi connectivity index (χ4v) is 5.50. The fraction of sp³-hybridized carbons (Fsp3) is 0.650. The molecule has 8 heteroatoms. The number of amides is 1. The van der Waals surface area contributed by atoms with Crippen LogP contribution in [0.1, 0.15) is 49.4 Å². The van der Waals surface area contributed by atoms with Crippen molar-refractivity contribution in [3.05, 3.63) is 23.8 Å². The van der Waals surface area contributed by atoms with Gasteiger partial charge in [0.1, 0.15) is 5.75 Å². The molecule has 1 aliphatic carbocycles. The maximum Gasteiger partial charge on any atom is 0.257 e. The van der Waals surface area contributed by atoms with E-state index in [0.29, 0.717) is 44.2 Å². The third-order valence-electron chi connectivity index (χ3n) is 5.63. The van der Waals surface area contributed by atoms with E-state index in [1.165, 1.54) is 30.0 Å². The molecule has 0 atom stereocenters. The number of rotatable bonds is 6. The van der Waals surface area contributed by atoms with Gasteiger partial charge in [0, 0.05) is 25.7 Å². The molecule has 0 unspecified atom stereocenters. The number of hydrogen-bond donors (Lipinski definition) is 0. The Balaban J connectivity index is 1.93. The van der Waals surface area contributed by atoms with E-state index < -0.39 is 10.0 Å². The molecule has 0 radical (unpaired) electrons. The predicted molar refractivity (Wildman–Crippen MR) is 106 cm³/mol. The Labute approximate surface area is 167 Å². The molecule has 1 aliphatic heterocycles. The normalized spacial score (nSPS) is 19.4. The molecule has 7 nitrogen and oxygen atoms in total. The second-order valence-corrected chi connectivity index (χ2v) is 9.20. The first kappa shape index (κ1) is 21.1. The zero-order valence-electron chi connectivity index (χ0n) is 16.7. The molecule has 2 aliphatic rings. The lowest BCUT2D eigenvalue weighted by atomic mass is 9.93. The van der Waals surface area contributed by atoms with Crippen molar-refractivity contribution in [2.24, 2.45) is 0 Å². The molecule has 0 bridgehead atoms. The number of ether oxygens (including phenoxy) is 2. The van der Waals surface area contributed by atoms with Gasteiger partial charge in [-0.2, -0.15) is 4.31 Å². The lowest BCUT2D eigenvalue weighted by Gasteiger charge is -2.34. The SMILES string of the molecule is CCN(C(=O)c1cc(S(=O)(=O)N2CCOCC2)ccc1OC)C1CCCCC1. The van der Waals surface area contributed by atoms with Gasteiger partial charge in [0.2, 0.25) is 10.0 Å². The second-order valence-electron chi connectivity index (χ2n) is 7.26. The minimum Gasteiger partial charge on any atom is -0.496 e. The minimum absolute atomic E-state index is 0.123. The van der Waals surface area contributed by atoms with Crippen LogP contribution in [0.2, 0.25) is 0 Å². The van der Waals surface area contributed by atoms with E-state index in [1.807, 2.05) is 11.8 Å². The van der Waals surface area contributed by atoms with Crippen LogP contribution >= 0.6 is 0 Å². The van der Waals surface area contributed by atoms with Crippen LogP contribution in [0.25, 0.3) is 0 Å². The summed E-state index contributed by atoms with van der Waals surface area (Å²) in [5.74, 6) is 0.241. The second kappa shape index (κ2) is 9.24. The van der Waals surface area contributed by atoms with Crippen molar-refractivity contribution in [3.63, 3.8) is 0 Å². The molecule has 2 fully saturated rings. The summed E-state index contributed by atoms with van der Waals surface area (Å²) in [7, 11) is -2.17. The first-order valence-corrected chi connectivity index (χ1v) is 11.5. The molecule has 1 saturated heterocycles.